The predicted octanol–water partition coefficient (Wildman–Crippen LogP) is 4.86. The molecule has 0 unspecified atom stereocenters. The third-order valence-corrected chi connectivity index (χ3v) is 4.77. The number of benzene rings is 3. The van der Waals surface area contributed by atoms with E-state index in [1.54, 1.807) is 30.3 Å². The topological polar surface area (TPSA) is 105 Å². The lowest BCUT2D eigenvalue weighted by Gasteiger charge is -2.24. The number of para-hydroxylation sites is 2. The number of nitrogens with zero attached hydrogens (tertiary/aromatic N) is 3. The van der Waals surface area contributed by atoms with Gasteiger partial charge in [-0.05, 0) is 48.5 Å². The second-order valence-corrected chi connectivity index (χ2v) is 7.44. The number of carbonyl (C=O) groups is 1. The maximum Gasteiger partial charge on any atom is 0.284 e. The Bertz CT molecular complexity index is 1170. The SMILES string of the molecule is O=C(N/N=C\c1cc(N=Nc2cccc(Br)c2)ccc1O)[C@H]1COc2ccccc2O1. The fourth-order valence-corrected chi connectivity index (χ4v) is 3.13. The zero-order valence-electron chi connectivity index (χ0n) is 16.1. The quantitative estimate of drug-likeness (QED) is 0.309. The first kappa shape index (κ1) is 20.5. The Balaban J connectivity index is 1.39. The van der Waals surface area contributed by atoms with Crippen molar-refractivity contribution < 1.29 is 19.4 Å². The second kappa shape index (κ2) is 9.40. The first-order valence-electron chi connectivity index (χ1n) is 9.30. The van der Waals surface area contributed by atoms with E-state index in [-0.39, 0.29) is 12.4 Å². The van der Waals surface area contributed by atoms with Gasteiger partial charge in [-0.1, -0.05) is 34.1 Å². The van der Waals surface area contributed by atoms with E-state index in [4.69, 9.17) is 9.47 Å². The van der Waals surface area contributed by atoms with Crippen LogP contribution in [-0.2, 0) is 4.79 Å². The van der Waals surface area contributed by atoms with Crippen molar-refractivity contribution in [2.24, 2.45) is 15.3 Å². The van der Waals surface area contributed by atoms with Crippen molar-refractivity contribution in [3.05, 3.63) is 76.8 Å². The van der Waals surface area contributed by atoms with Gasteiger partial charge in [-0.3, -0.25) is 4.79 Å². The average molecular weight is 481 g/mol. The van der Waals surface area contributed by atoms with Crippen molar-refractivity contribution in [2.45, 2.75) is 6.10 Å². The lowest BCUT2D eigenvalue weighted by molar-refractivity contribution is -0.130. The molecule has 1 aliphatic heterocycles. The third-order valence-electron chi connectivity index (χ3n) is 4.28. The van der Waals surface area contributed by atoms with Crippen LogP contribution in [0.15, 0.2) is 86.5 Å². The summed E-state index contributed by atoms with van der Waals surface area (Å²) < 4.78 is 12.1. The number of halogens is 1. The Hall–Kier alpha value is -3.72. The minimum absolute atomic E-state index is 0.00872. The molecule has 1 atom stereocenters. The van der Waals surface area contributed by atoms with E-state index in [0.29, 0.717) is 28.4 Å². The molecule has 2 N–H and O–H groups in total. The Morgan fingerprint density at radius 2 is 1.81 bits per heavy atom. The molecule has 0 aliphatic carbocycles. The molecule has 0 saturated carbocycles. The summed E-state index contributed by atoms with van der Waals surface area (Å²) in [5, 5.41) is 22.3. The normalized spacial score (nSPS) is 15.3. The lowest BCUT2D eigenvalue weighted by Crippen LogP contribution is -2.42. The van der Waals surface area contributed by atoms with E-state index < -0.39 is 12.0 Å². The number of aromatic hydroxyl groups is 1. The van der Waals surface area contributed by atoms with Gasteiger partial charge in [0, 0.05) is 10.0 Å². The van der Waals surface area contributed by atoms with Gasteiger partial charge < -0.3 is 14.6 Å². The lowest BCUT2D eigenvalue weighted by atomic mass is 10.2. The summed E-state index contributed by atoms with van der Waals surface area (Å²) in [4.78, 5) is 12.3. The molecule has 0 bridgehead atoms. The molecule has 3 aromatic rings. The first-order chi connectivity index (χ1) is 15.1. The molecule has 9 heteroatoms. The maximum atomic E-state index is 12.3. The van der Waals surface area contributed by atoms with Crippen LogP contribution in [0.25, 0.3) is 0 Å². The van der Waals surface area contributed by atoms with Gasteiger partial charge in [-0.25, -0.2) is 5.43 Å². The highest BCUT2D eigenvalue weighted by Crippen LogP contribution is 2.31. The highest BCUT2D eigenvalue weighted by atomic mass is 79.9. The van der Waals surface area contributed by atoms with Gasteiger partial charge in [0.15, 0.2) is 11.5 Å². The third kappa shape index (κ3) is 5.26. The number of carbonyl (C=O) groups excluding carboxylic acids is 1. The van der Waals surface area contributed by atoms with Gasteiger partial charge in [-0.15, -0.1) is 0 Å². The van der Waals surface area contributed by atoms with Gasteiger partial charge in [0.1, 0.15) is 12.4 Å². The van der Waals surface area contributed by atoms with E-state index >= 15 is 0 Å². The largest absolute Gasteiger partial charge is 0.507 e. The molecule has 31 heavy (non-hydrogen) atoms. The van der Waals surface area contributed by atoms with E-state index in [1.807, 2.05) is 30.3 Å². The number of fused-ring (bicyclic) bond motifs is 1. The fraction of sp³-hybridized carbons (Fsp3) is 0.0909. The highest BCUT2D eigenvalue weighted by molar-refractivity contribution is 9.10. The van der Waals surface area contributed by atoms with Crippen molar-refractivity contribution in [2.75, 3.05) is 6.61 Å². The molecule has 0 fully saturated rings. The predicted molar refractivity (Wildman–Crippen MR) is 119 cm³/mol. The van der Waals surface area contributed by atoms with Crippen LogP contribution < -0.4 is 14.9 Å². The number of hydrogen-bond acceptors (Lipinski definition) is 7. The Kier molecular flexibility index (Phi) is 6.23. The number of nitrogens with one attached hydrogen (secondary N) is 1. The van der Waals surface area contributed by atoms with Gasteiger partial charge >= 0.3 is 0 Å². The van der Waals surface area contributed by atoms with Gasteiger partial charge in [0.2, 0.25) is 6.10 Å². The van der Waals surface area contributed by atoms with Gasteiger partial charge in [0.05, 0.1) is 17.6 Å². The molecule has 1 amide bonds. The molecular weight excluding hydrogens is 464 g/mol. The number of ether oxygens (including phenoxy) is 2. The summed E-state index contributed by atoms with van der Waals surface area (Å²) in [5.41, 5.74) is 3.97. The molecule has 1 heterocycles. The summed E-state index contributed by atoms with van der Waals surface area (Å²) in [6.45, 7) is 0.0785. The molecule has 3 aromatic carbocycles. The van der Waals surface area contributed by atoms with Crippen LogP contribution in [0.3, 0.4) is 0 Å². The van der Waals surface area contributed by atoms with E-state index in [2.05, 4.69) is 36.7 Å². The van der Waals surface area contributed by atoms with Crippen LogP contribution in [-0.4, -0.2) is 29.9 Å². The summed E-state index contributed by atoms with van der Waals surface area (Å²) in [6.07, 6.45) is 0.495. The van der Waals surface area contributed by atoms with Crippen LogP contribution >= 0.6 is 15.9 Å². The fourth-order valence-electron chi connectivity index (χ4n) is 2.75. The maximum absolute atomic E-state index is 12.3. The van der Waals surface area contributed by atoms with Crippen LogP contribution in [0, 0.1) is 0 Å². The highest BCUT2D eigenvalue weighted by Gasteiger charge is 2.27. The number of phenolic OH excluding ortho intramolecular Hbond substituents is 1. The van der Waals surface area contributed by atoms with Gasteiger partial charge in [-0.2, -0.15) is 15.3 Å². The zero-order valence-corrected chi connectivity index (χ0v) is 17.7. The summed E-state index contributed by atoms with van der Waals surface area (Å²) in [6, 6.07) is 19.2. The van der Waals surface area contributed by atoms with Crippen molar-refractivity contribution >= 4 is 39.4 Å². The van der Waals surface area contributed by atoms with Crippen LogP contribution in [0.4, 0.5) is 11.4 Å². The Morgan fingerprint density at radius 3 is 2.61 bits per heavy atom. The van der Waals surface area contributed by atoms with Crippen molar-refractivity contribution in [3.63, 3.8) is 0 Å². The van der Waals surface area contributed by atoms with Crippen molar-refractivity contribution in [1.82, 2.24) is 5.43 Å². The number of azo groups is 1. The summed E-state index contributed by atoms with van der Waals surface area (Å²) in [7, 11) is 0. The molecule has 0 saturated heterocycles. The van der Waals surface area contributed by atoms with Crippen molar-refractivity contribution in [3.8, 4) is 17.2 Å². The molecule has 8 nitrogen and oxygen atoms in total. The minimum Gasteiger partial charge on any atom is -0.507 e. The van der Waals surface area contributed by atoms with E-state index in [0.717, 1.165) is 4.47 Å². The monoisotopic (exact) mass is 480 g/mol. The van der Waals surface area contributed by atoms with Gasteiger partial charge in [0.25, 0.3) is 5.91 Å². The smallest absolute Gasteiger partial charge is 0.284 e. The summed E-state index contributed by atoms with van der Waals surface area (Å²) >= 11 is 3.38. The summed E-state index contributed by atoms with van der Waals surface area (Å²) in [5.74, 6) is 0.620. The van der Waals surface area contributed by atoms with E-state index in [1.165, 1.54) is 12.3 Å². The molecule has 0 spiro atoms. The zero-order chi connectivity index (χ0) is 21.6. The standard InChI is InChI=1S/C22H17BrN4O4/c23-15-4-3-5-16(11-15)25-26-17-8-9-18(28)14(10-17)12-24-27-22(29)21-13-30-19-6-1-2-7-20(19)31-21/h1-12,21,28H,13H2,(H,27,29)/b24-12-,26-25?/t21-/m1/s1. The van der Waals surface area contributed by atoms with Crippen molar-refractivity contribution in [1.29, 1.82) is 0 Å². The van der Waals surface area contributed by atoms with Crippen LogP contribution in [0.2, 0.25) is 0 Å². The van der Waals surface area contributed by atoms with Crippen LogP contribution in [0.5, 0.6) is 17.2 Å². The molecule has 0 aromatic heterocycles. The minimum atomic E-state index is -0.828. The number of phenols is 1. The molecule has 156 valence electrons. The number of hydrogen-bond donors (Lipinski definition) is 2. The van der Waals surface area contributed by atoms with Crippen LogP contribution in [0.1, 0.15) is 5.56 Å². The Labute approximate surface area is 186 Å². The van der Waals surface area contributed by atoms with E-state index in [9.17, 15) is 9.90 Å². The average Bonchev–Trinajstić information content (AvgIpc) is 2.79. The molecular formula is C22H17BrN4O4. The number of rotatable bonds is 5. The number of hydrazone groups is 1. The number of amides is 1. The second-order valence-electron chi connectivity index (χ2n) is 6.52. The Morgan fingerprint density at radius 1 is 1.03 bits per heavy atom. The molecule has 1 aliphatic rings. The first-order valence-corrected chi connectivity index (χ1v) is 10.1. The molecule has 0 radical (unpaired) electrons. The molecule has 4 rings (SSSR count).